The predicted octanol–water partition coefficient (Wildman–Crippen LogP) is 2.67. The standard InChI is InChI=1S/C11H14ClN5S/c1-4-5-8-9(12)13-6-14-10(8)18-11-16-15-7(2)17(11)3/h6H,4-5H2,1-3H3. The van der Waals surface area contributed by atoms with Gasteiger partial charge in [0.15, 0.2) is 5.16 Å². The van der Waals surface area contributed by atoms with Crippen LogP contribution in [0, 0.1) is 6.92 Å². The van der Waals surface area contributed by atoms with Gasteiger partial charge in [0.1, 0.15) is 22.3 Å². The maximum Gasteiger partial charge on any atom is 0.197 e. The van der Waals surface area contributed by atoms with Gasteiger partial charge >= 0.3 is 0 Å². The van der Waals surface area contributed by atoms with Crippen LogP contribution >= 0.6 is 23.4 Å². The van der Waals surface area contributed by atoms with E-state index >= 15 is 0 Å². The number of nitrogens with zero attached hydrogens (tertiary/aromatic N) is 5. The minimum absolute atomic E-state index is 0.522. The summed E-state index contributed by atoms with van der Waals surface area (Å²) in [6, 6.07) is 0. The van der Waals surface area contributed by atoms with E-state index in [-0.39, 0.29) is 0 Å². The van der Waals surface area contributed by atoms with Gasteiger partial charge in [-0.05, 0) is 25.1 Å². The number of halogens is 1. The first kappa shape index (κ1) is 13.3. The molecule has 0 fully saturated rings. The summed E-state index contributed by atoms with van der Waals surface area (Å²) >= 11 is 7.58. The van der Waals surface area contributed by atoms with Crippen LogP contribution in [0.25, 0.3) is 0 Å². The number of hydrogen-bond acceptors (Lipinski definition) is 5. The highest BCUT2D eigenvalue weighted by molar-refractivity contribution is 7.99. The fourth-order valence-electron chi connectivity index (χ4n) is 1.49. The van der Waals surface area contributed by atoms with E-state index in [1.54, 1.807) is 0 Å². The minimum atomic E-state index is 0.522. The van der Waals surface area contributed by atoms with Crippen molar-refractivity contribution in [2.24, 2.45) is 7.05 Å². The molecule has 2 rings (SSSR count). The second-order valence-corrected chi connectivity index (χ2v) is 5.20. The Morgan fingerprint density at radius 2 is 2.11 bits per heavy atom. The van der Waals surface area contributed by atoms with Crippen LogP contribution < -0.4 is 0 Å². The molecule has 0 aliphatic rings. The van der Waals surface area contributed by atoms with Crippen molar-refractivity contribution in [3.05, 3.63) is 22.9 Å². The van der Waals surface area contributed by atoms with Gasteiger partial charge in [0.05, 0.1) is 0 Å². The maximum absolute atomic E-state index is 6.11. The Balaban J connectivity index is 2.34. The normalized spacial score (nSPS) is 10.9. The summed E-state index contributed by atoms with van der Waals surface area (Å²) in [5.74, 6) is 0.870. The first-order valence-corrected chi connectivity index (χ1v) is 6.86. The van der Waals surface area contributed by atoms with E-state index < -0.39 is 0 Å². The topological polar surface area (TPSA) is 56.5 Å². The molecule has 2 aromatic heterocycles. The van der Waals surface area contributed by atoms with Crippen LogP contribution in [0.2, 0.25) is 5.15 Å². The lowest BCUT2D eigenvalue weighted by molar-refractivity contribution is 0.762. The lowest BCUT2D eigenvalue weighted by atomic mass is 10.2. The van der Waals surface area contributed by atoms with Crippen LogP contribution in [0.15, 0.2) is 16.5 Å². The van der Waals surface area contributed by atoms with Gasteiger partial charge in [-0.2, -0.15) is 0 Å². The highest BCUT2D eigenvalue weighted by atomic mass is 35.5. The third kappa shape index (κ3) is 2.64. The fraction of sp³-hybridized carbons (Fsp3) is 0.455. The summed E-state index contributed by atoms with van der Waals surface area (Å²) in [4.78, 5) is 8.32. The van der Waals surface area contributed by atoms with Gasteiger partial charge in [0, 0.05) is 12.6 Å². The molecule has 0 N–H and O–H groups in total. The number of hydrogen-bond donors (Lipinski definition) is 0. The lowest BCUT2D eigenvalue weighted by Gasteiger charge is -2.07. The summed E-state index contributed by atoms with van der Waals surface area (Å²) in [6.45, 7) is 4.02. The average molecular weight is 284 g/mol. The van der Waals surface area contributed by atoms with Crippen LogP contribution in [0.4, 0.5) is 0 Å². The quantitative estimate of drug-likeness (QED) is 0.808. The highest BCUT2D eigenvalue weighted by Crippen LogP contribution is 2.30. The van der Waals surface area contributed by atoms with Crippen molar-refractivity contribution in [2.45, 2.75) is 36.9 Å². The number of rotatable bonds is 4. The Hall–Kier alpha value is -1.14. The van der Waals surface area contributed by atoms with E-state index in [0.29, 0.717) is 5.15 Å². The Morgan fingerprint density at radius 3 is 2.72 bits per heavy atom. The summed E-state index contributed by atoms with van der Waals surface area (Å²) in [5, 5.41) is 10.3. The van der Waals surface area contributed by atoms with Crippen molar-refractivity contribution in [1.82, 2.24) is 24.7 Å². The van der Waals surface area contributed by atoms with Crippen molar-refractivity contribution in [3.63, 3.8) is 0 Å². The molecule has 0 saturated carbocycles. The molecule has 0 bridgehead atoms. The third-order valence-corrected chi connectivity index (χ3v) is 4.00. The zero-order chi connectivity index (χ0) is 13.1. The van der Waals surface area contributed by atoms with Crippen LogP contribution in [-0.2, 0) is 13.5 Å². The van der Waals surface area contributed by atoms with E-state index in [1.807, 2.05) is 18.5 Å². The molecule has 5 nitrogen and oxygen atoms in total. The number of aromatic nitrogens is 5. The second kappa shape index (κ2) is 5.67. The van der Waals surface area contributed by atoms with Crippen LogP contribution in [0.1, 0.15) is 24.7 Å². The Labute approximate surface area is 115 Å². The smallest absolute Gasteiger partial charge is 0.197 e. The van der Waals surface area contributed by atoms with Gasteiger partial charge in [0.2, 0.25) is 0 Å². The van der Waals surface area contributed by atoms with E-state index in [9.17, 15) is 0 Å². The van der Waals surface area contributed by atoms with E-state index in [2.05, 4.69) is 27.1 Å². The predicted molar refractivity (Wildman–Crippen MR) is 70.9 cm³/mol. The van der Waals surface area contributed by atoms with Crippen molar-refractivity contribution >= 4 is 23.4 Å². The van der Waals surface area contributed by atoms with Gasteiger partial charge in [-0.3, -0.25) is 0 Å². The summed E-state index contributed by atoms with van der Waals surface area (Å²) < 4.78 is 1.93. The highest BCUT2D eigenvalue weighted by Gasteiger charge is 2.14. The molecule has 0 spiro atoms. The molecule has 0 aliphatic heterocycles. The monoisotopic (exact) mass is 283 g/mol. The number of aryl methyl sites for hydroxylation is 1. The molecular formula is C11H14ClN5S. The van der Waals surface area contributed by atoms with Crippen molar-refractivity contribution in [2.75, 3.05) is 0 Å². The molecule has 0 amide bonds. The first-order valence-electron chi connectivity index (χ1n) is 5.66. The average Bonchev–Trinajstić information content (AvgIpc) is 2.66. The van der Waals surface area contributed by atoms with Crippen LogP contribution in [0.5, 0.6) is 0 Å². The summed E-state index contributed by atoms with van der Waals surface area (Å²) in [6.07, 6.45) is 3.34. The fourth-order valence-corrected chi connectivity index (χ4v) is 2.72. The van der Waals surface area contributed by atoms with E-state index in [0.717, 1.165) is 34.4 Å². The van der Waals surface area contributed by atoms with Gasteiger partial charge in [-0.15, -0.1) is 10.2 Å². The van der Waals surface area contributed by atoms with E-state index in [4.69, 9.17) is 11.6 Å². The van der Waals surface area contributed by atoms with Gasteiger partial charge in [0.25, 0.3) is 0 Å². The molecule has 18 heavy (non-hydrogen) atoms. The molecule has 0 unspecified atom stereocenters. The third-order valence-electron chi connectivity index (χ3n) is 2.59. The van der Waals surface area contributed by atoms with Crippen LogP contribution in [-0.4, -0.2) is 24.7 Å². The SMILES string of the molecule is CCCc1c(Cl)ncnc1Sc1nnc(C)n1C. The minimum Gasteiger partial charge on any atom is -0.309 e. The van der Waals surface area contributed by atoms with Gasteiger partial charge in [-0.25, -0.2) is 9.97 Å². The first-order chi connectivity index (χ1) is 8.63. The summed E-state index contributed by atoms with van der Waals surface area (Å²) in [7, 11) is 1.93. The molecule has 0 saturated heterocycles. The Kier molecular flexibility index (Phi) is 4.19. The van der Waals surface area contributed by atoms with Crippen molar-refractivity contribution in [3.8, 4) is 0 Å². The van der Waals surface area contributed by atoms with Gasteiger partial charge in [-0.1, -0.05) is 24.9 Å². The largest absolute Gasteiger partial charge is 0.309 e. The molecule has 0 aromatic carbocycles. The molecule has 96 valence electrons. The van der Waals surface area contributed by atoms with Crippen molar-refractivity contribution < 1.29 is 0 Å². The molecule has 0 atom stereocenters. The molecule has 0 radical (unpaired) electrons. The van der Waals surface area contributed by atoms with E-state index in [1.165, 1.54) is 18.1 Å². The maximum atomic E-state index is 6.11. The Morgan fingerprint density at radius 1 is 1.33 bits per heavy atom. The molecule has 2 aromatic rings. The Bertz CT molecular complexity index is 554. The molecule has 0 aliphatic carbocycles. The van der Waals surface area contributed by atoms with Gasteiger partial charge < -0.3 is 4.57 Å². The molecular weight excluding hydrogens is 270 g/mol. The summed E-state index contributed by atoms with van der Waals surface area (Å²) in [5.41, 5.74) is 0.979. The zero-order valence-electron chi connectivity index (χ0n) is 10.5. The lowest BCUT2D eigenvalue weighted by Crippen LogP contribution is -1.98. The van der Waals surface area contributed by atoms with Crippen LogP contribution in [0.3, 0.4) is 0 Å². The molecule has 7 heteroatoms. The van der Waals surface area contributed by atoms with Crippen molar-refractivity contribution in [1.29, 1.82) is 0 Å². The second-order valence-electron chi connectivity index (χ2n) is 3.89. The zero-order valence-corrected chi connectivity index (χ0v) is 12.1. The molecule has 2 heterocycles.